The SMILES string of the molecule is CCC(CC)C(=O)N1CCOc2c(cc(-c3cccc(Cl)c3)cc2OCC2CCCCO2)C1. The average molecular weight is 472 g/mol. The molecule has 6 heteroatoms. The van der Waals surface area contributed by atoms with Crippen LogP contribution in [0.5, 0.6) is 11.5 Å². The number of carbonyl (C=O) groups is 1. The fourth-order valence-electron chi connectivity index (χ4n) is 4.63. The molecule has 2 aromatic rings. The van der Waals surface area contributed by atoms with Crippen molar-refractivity contribution in [1.82, 2.24) is 4.90 Å². The second-order valence-corrected chi connectivity index (χ2v) is 9.33. The summed E-state index contributed by atoms with van der Waals surface area (Å²) in [5.41, 5.74) is 2.96. The molecular weight excluding hydrogens is 438 g/mol. The van der Waals surface area contributed by atoms with Gasteiger partial charge in [-0.2, -0.15) is 0 Å². The van der Waals surface area contributed by atoms with Crippen LogP contribution in [-0.4, -0.2) is 43.3 Å². The lowest BCUT2D eigenvalue weighted by molar-refractivity contribution is -0.136. The Kier molecular flexibility index (Phi) is 8.15. The van der Waals surface area contributed by atoms with Crippen LogP contribution in [0.3, 0.4) is 0 Å². The van der Waals surface area contributed by atoms with Crippen LogP contribution < -0.4 is 9.47 Å². The highest BCUT2D eigenvalue weighted by atomic mass is 35.5. The quantitative estimate of drug-likeness (QED) is 0.488. The largest absolute Gasteiger partial charge is 0.487 e. The standard InChI is InChI=1S/C27H34ClNO4/c1-3-19(4-2)27(30)29-11-13-32-26-22(17-29)14-21(20-8-7-9-23(28)15-20)16-25(26)33-18-24-10-5-6-12-31-24/h7-9,14-16,19,24H,3-6,10-13,17-18H2,1-2H3. The molecule has 1 amide bonds. The van der Waals surface area contributed by atoms with Gasteiger partial charge in [-0.05, 0) is 67.5 Å². The molecule has 2 heterocycles. The predicted molar refractivity (Wildman–Crippen MR) is 131 cm³/mol. The molecule has 1 unspecified atom stereocenters. The van der Waals surface area contributed by atoms with E-state index in [-0.39, 0.29) is 17.9 Å². The number of fused-ring (bicyclic) bond motifs is 1. The summed E-state index contributed by atoms with van der Waals surface area (Å²) in [5, 5.41) is 0.683. The first kappa shape index (κ1) is 23.9. The van der Waals surface area contributed by atoms with E-state index < -0.39 is 0 Å². The van der Waals surface area contributed by atoms with Crippen LogP contribution in [-0.2, 0) is 16.1 Å². The Morgan fingerprint density at radius 1 is 1.15 bits per heavy atom. The molecule has 2 aromatic carbocycles. The van der Waals surface area contributed by atoms with Crippen LogP contribution in [0, 0.1) is 5.92 Å². The second kappa shape index (κ2) is 11.3. The Morgan fingerprint density at radius 3 is 2.73 bits per heavy atom. The third-order valence-corrected chi connectivity index (χ3v) is 6.84. The highest BCUT2D eigenvalue weighted by molar-refractivity contribution is 6.30. The number of hydrogen-bond donors (Lipinski definition) is 0. The fourth-order valence-corrected chi connectivity index (χ4v) is 4.82. The number of hydrogen-bond acceptors (Lipinski definition) is 4. The lowest BCUT2D eigenvalue weighted by atomic mass is 9.99. The van der Waals surface area contributed by atoms with E-state index >= 15 is 0 Å². The van der Waals surface area contributed by atoms with Crippen molar-refractivity contribution in [3.63, 3.8) is 0 Å². The van der Waals surface area contributed by atoms with Gasteiger partial charge in [0.2, 0.25) is 5.91 Å². The summed E-state index contributed by atoms with van der Waals surface area (Å²) in [4.78, 5) is 15.1. The summed E-state index contributed by atoms with van der Waals surface area (Å²) < 4.78 is 18.3. The van der Waals surface area contributed by atoms with Crippen LogP contribution in [0.2, 0.25) is 5.02 Å². The molecule has 0 aliphatic carbocycles. The molecule has 0 spiro atoms. The van der Waals surface area contributed by atoms with E-state index in [1.54, 1.807) is 0 Å². The Hall–Kier alpha value is -2.24. The molecule has 33 heavy (non-hydrogen) atoms. The first-order valence-corrected chi connectivity index (χ1v) is 12.6. The highest BCUT2D eigenvalue weighted by Crippen LogP contribution is 2.39. The minimum Gasteiger partial charge on any atom is -0.487 e. The number of benzene rings is 2. The summed E-state index contributed by atoms with van der Waals surface area (Å²) >= 11 is 6.27. The second-order valence-electron chi connectivity index (χ2n) is 8.89. The van der Waals surface area contributed by atoms with Crippen molar-refractivity contribution in [2.24, 2.45) is 5.92 Å². The zero-order chi connectivity index (χ0) is 23.2. The third-order valence-electron chi connectivity index (χ3n) is 6.60. The fraction of sp³-hybridized carbons (Fsp3) is 0.519. The van der Waals surface area contributed by atoms with Gasteiger partial charge in [0.15, 0.2) is 11.5 Å². The zero-order valence-electron chi connectivity index (χ0n) is 19.6. The minimum atomic E-state index is 0.0434. The van der Waals surface area contributed by atoms with Gasteiger partial charge in [-0.25, -0.2) is 0 Å². The van der Waals surface area contributed by atoms with Crippen molar-refractivity contribution in [2.75, 3.05) is 26.4 Å². The molecular formula is C27H34ClNO4. The first-order valence-electron chi connectivity index (χ1n) is 12.2. The number of nitrogens with zero attached hydrogens (tertiary/aromatic N) is 1. The number of ether oxygens (including phenoxy) is 3. The van der Waals surface area contributed by atoms with Crippen LogP contribution >= 0.6 is 11.6 Å². The molecule has 5 nitrogen and oxygen atoms in total. The van der Waals surface area contributed by atoms with Crippen LogP contribution in [0.1, 0.15) is 51.5 Å². The molecule has 0 saturated carbocycles. The van der Waals surface area contributed by atoms with Crippen molar-refractivity contribution in [2.45, 2.75) is 58.6 Å². The summed E-state index contributed by atoms with van der Waals surface area (Å²) in [6.07, 6.45) is 5.07. The van der Waals surface area contributed by atoms with Crippen molar-refractivity contribution < 1.29 is 19.0 Å². The van der Waals surface area contributed by atoms with Crippen molar-refractivity contribution in [1.29, 1.82) is 0 Å². The number of amides is 1. The molecule has 0 radical (unpaired) electrons. The summed E-state index contributed by atoms with van der Waals surface area (Å²) in [5.74, 6) is 1.68. The molecule has 2 aliphatic heterocycles. The maximum absolute atomic E-state index is 13.1. The van der Waals surface area contributed by atoms with E-state index in [2.05, 4.69) is 19.9 Å². The van der Waals surface area contributed by atoms with Gasteiger partial charge < -0.3 is 19.1 Å². The Bertz CT molecular complexity index is 953. The minimum absolute atomic E-state index is 0.0434. The molecule has 4 rings (SSSR count). The molecule has 0 aromatic heterocycles. The molecule has 1 saturated heterocycles. The Morgan fingerprint density at radius 2 is 2.00 bits per heavy atom. The topological polar surface area (TPSA) is 48.0 Å². The first-order chi connectivity index (χ1) is 16.1. The van der Waals surface area contributed by atoms with Gasteiger partial charge in [-0.3, -0.25) is 4.79 Å². The van der Waals surface area contributed by atoms with Crippen molar-refractivity contribution >= 4 is 17.5 Å². The van der Waals surface area contributed by atoms with Gasteiger partial charge in [-0.1, -0.05) is 37.6 Å². The van der Waals surface area contributed by atoms with E-state index in [0.717, 1.165) is 61.2 Å². The maximum atomic E-state index is 13.1. The van der Waals surface area contributed by atoms with Crippen molar-refractivity contribution in [3.05, 3.63) is 47.0 Å². The molecule has 178 valence electrons. The molecule has 0 N–H and O–H groups in total. The van der Waals surface area contributed by atoms with Crippen LogP contribution in [0.25, 0.3) is 11.1 Å². The van der Waals surface area contributed by atoms with Gasteiger partial charge in [0.25, 0.3) is 0 Å². The Balaban J connectivity index is 1.66. The zero-order valence-corrected chi connectivity index (χ0v) is 20.4. The molecule has 2 aliphatic rings. The normalized spacial score (nSPS) is 18.4. The summed E-state index contributed by atoms with van der Waals surface area (Å²) in [6, 6.07) is 11.9. The summed E-state index contributed by atoms with van der Waals surface area (Å²) in [7, 11) is 0. The smallest absolute Gasteiger partial charge is 0.226 e. The molecule has 0 bridgehead atoms. The lowest BCUT2D eigenvalue weighted by Crippen LogP contribution is -2.36. The van der Waals surface area contributed by atoms with Gasteiger partial charge in [0, 0.05) is 29.7 Å². The summed E-state index contributed by atoms with van der Waals surface area (Å²) in [6.45, 7) is 6.96. The lowest BCUT2D eigenvalue weighted by Gasteiger charge is -2.25. The predicted octanol–water partition coefficient (Wildman–Crippen LogP) is 6.11. The average Bonchev–Trinajstić information content (AvgIpc) is 3.06. The van der Waals surface area contributed by atoms with E-state index in [4.69, 9.17) is 25.8 Å². The van der Waals surface area contributed by atoms with Gasteiger partial charge >= 0.3 is 0 Å². The van der Waals surface area contributed by atoms with E-state index in [0.29, 0.717) is 37.1 Å². The molecule has 1 fully saturated rings. The van der Waals surface area contributed by atoms with E-state index in [1.807, 2.05) is 35.2 Å². The Labute approximate surface area is 202 Å². The van der Waals surface area contributed by atoms with Gasteiger partial charge in [-0.15, -0.1) is 0 Å². The van der Waals surface area contributed by atoms with E-state index in [9.17, 15) is 4.79 Å². The van der Waals surface area contributed by atoms with Crippen LogP contribution in [0.4, 0.5) is 0 Å². The van der Waals surface area contributed by atoms with Crippen LogP contribution in [0.15, 0.2) is 36.4 Å². The maximum Gasteiger partial charge on any atom is 0.226 e. The van der Waals surface area contributed by atoms with Gasteiger partial charge in [0.1, 0.15) is 13.2 Å². The monoisotopic (exact) mass is 471 g/mol. The highest BCUT2D eigenvalue weighted by Gasteiger charge is 2.27. The van der Waals surface area contributed by atoms with Crippen molar-refractivity contribution in [3.8, 4) is 22.6 Å². The van der Waals surface area contributed by atoms with E-state index in [1.165, 1.54) is 0 Å². The third kappa shape index (κ3) is 5.82. The van der Waals surface area contributed by atoms with Gasteiger partial charge in [0.05, 0.1) is 12.6 Å². The molecule has 1 atom stereocenters. The number of carbonyl (C=O) groups excluding carboxylic acids is 1. The number of halogens is 1. The number of rotatable bonds is 7.